The summed E-state index contributed by atoms with van der Waals surface area (Å²) >= 11 is 0. The van der Waals surface area contributed by atoms with Gasteiger partial charge in [-0.25, -0.2) is 0 Å². The largest absolute Gasteiger partial charge is 0.394 e. The van der Waals surface area contributed by atoms with Crippen LogP contribution in [-0.2, 0) is 9.53 Å². The Labute approximate surface area is 99.2 Å². The molecule has 0 aliphatic carbocycles. The minimum Gasteiger partial charge on any atom is -0.394 e. The third-order valence-electron chi connectivity index (χ3n) is 2.86. The number of morpholine rings is 1. The standard InChI is InChI=1S/C10H19NO6/c12-6-8(14)10(16)9(15)7(13)5-11-1-3-17-4-2-11/h8-10,12,14-16H,1-6H2/p+1/t8-,9-,10-/m1/s1. The summed E-state index contributed by atoms with van der Waals surface area (Å²) < 4.78 is 5.13. The van der Waals surface area contributed by atoms with Gasteiger partial charge in [0.15, 0.2) is 0 Å². The molecule has 100 valence electrons. The monoisotopic (exact) mass is 250 g/mol. The molecule has 1 aliphatic rings. The van der Waals surface area contributed by atoms with Gasteiger partial charge in [0.25, 0.3) is 0 Å². The maximum Gasteiger partial charge on any atom is 0.217 e. The summed E-state index contributed by atoms with van der Waals surface area (Å²) in [6.07, 6.45) is -4.81. The number of aliphatic hydroxyl groups excluding tert-OH is 4. The van der Waals surface area contributed by atoms with Crippen LogP contribution in [0.15, 0.2) is 0 Å². The lowest BCUT2D eigenvalue weighted by atomic mass is 10.0. The number of aliphatic hydroxyl groups is 4. The van der Waals surface area contributed by atoms with Gasteiger partial charge in [0, 0.05) is 0 Å². The molecule has 5 N–H and O–H groups in total. The summed E-state index contributed by atoms with van der Waals surface area (Å²) in [6, 6.07) is 0. The van der Waals surface area contributed by atoms with E-state index in [2.05, 4.69) is 0 Å². The van der Waals surface area contributed by atoms with Crippen LogP contribution >= 0.6 is 0 Å². The van der Waals surface area contributed by atoms with Crippen LogP contribution < -0.4 is 4.90 Å². The Morgan fingerprint density at radius 1 is 1.24 bits per heavy atom. The van der Waals surface area contributed by atoms with E-state index in [-0.39, 0.29) is 6.54 Å². The molecule has 7 nitrogen and oxygen atoms in total. The quantitative estimate of drug-likeness (QED) is 0.325. The third-order valence-corrected chi connectivity index (χ3v) is 2.86. The van der Waals surface area contributed by atoms with E-state index in [0.717, 1.165) is 4.90 Å². The summed E-state index contributed by atoms with van der Waals surface area (Å²) in [5, 5.41) is 36.6. The molecular formula is C10H20NO6+. The van der Waals surface area contributed by atoms with Crippen molar-refractivity contribution in [3.8, 4) is 0 Å². The number of nitrogens with one attached hydrogen (secondary N) is 1. The fourth-order valence-electron chi connectivity index (χ4n) is 1.70. The van der Waals surface area contributed by atoms with E-state index < -0.39 is 30.7 Å². The maximum absolute atomic E-state index is 11.6. The molecule has 1 fully saturated rings. The normalized spacial score (nSPS) is 23.1. The van der Waals surface area contributed by atoms with Gasteiger partial charge in [0.05, 0.1) is 19.8 Å². The highest BCUT2D eigenvalue weighted by molar-refractivity contribution is 5.84. The van der Waals surface area contributed by atoms with Crippen molar-refractivity contribution >= 4 is 5.78 Å². The summed E-state index contributed by atoms with van der Waals surface area (Å²) in [5.41, 5.74) is 0. The van der Waals surface area contributed by atoms with Crippen LogP contribution in [0.4, 0.5) is 0 Å². The Balaban J connectivity index is 2.40. The number of quaternary nitrogens is 1. The zero-order valence-electron chi connectivity index (χ0n) is 9.58. The molecule has 0 bridgehead atoms. The number of hydrogen-bond donors (Lipinski definition) is 5. The average Bonchev–Trinajstić information content (AvgIpc) is 2.37. The first-order valence-electron chi connectivity index (χ1n) is 5.65. The lowest BCUT2D eigenvalue weighted by Crippen LogP contribution is -3.15. The zero-order valence-corrected chi connectivity index (χ0v) is 9.58. The second kappa shape index (κ2) is 7.00. The number of Topliss-reactive ketones (excluding diaryl/α,β-unsaturated/α-hetero) is 1. The predicted molar refractivity (Wildman–Crippen MR) is 56.5 cm³/mol. The van der Waals surface area contributed by atoms with Gasteiger partial charge in [-0.2, -0.15) is 0 Å². The van der Waals surface area contributed by atoms with Crippen LogP contribution in [0, 0.1) is 0 Å². The van der Waals surface area contributed by atoms with Crippen LogP contribution in [0.1, 0.15) is 0 Å². The SMILES string of the molecule is O=C(C[NH+]1CCOCC1)[C@@H](O)[C@H](O)[C@H](O)CO. The summed E-state index contributed by atoms with van der Waals surface area (Å²) in [4.78, 5) is 12.6. The second-order valence-electron chi connectivity index (χ2n) is 4.19. The molecule has 1 saturated heterocycles. The summed E-state index contributed by atoms with van der Waals surface area (Å²) in [5.74, 6) is -0.540. The molecule has 0 amide bonds. The molecule has 1 heterocycles. The summed E-state index contributed by atoms with van der Waals surface area (Å²) in [6.45, 7) is 1.88. The van der Waals surface area contributed by atoms with Crippen molar-refractivity contribution in [2.24, 2.45) is 0 Å². The summed E-state index contributed by atoms with van der Waals surface area (Å²) in [7, 11) is 0. The Kier molecular flexibility index (Phi) is 5.96. The van der Waals surface area contributed by atoms with Gasteiger partial charge in [-0.05, 0) is 0 Å². The molecule has 17 heavy (non-hydrogen) atoms. The van der Waals surface area contributed by atoms with Gasteiger partial charge in [0.1, 0.15) is 37.9 Å². The predicted octanol–water partition coefficient (Wildman–Crippen LogP) is -4.45. The van der Waals surface area contributed by atoms with Gasteiger partial charge in [-0.3, -0.25) is 4.79 Å². The molecule has 0 aromatic rings. The average molecular weight is 250 g/mol. The van der Waals surface area contributed by atoms with E-state index in [1.54, 1.807) is 0 Å². The van der Waals surface area contributed by atoms with Crippen molar-refractivity contribution in [1.82, 2.24) is 0 Å². The zero-order chi connectivity index (χ0) is 12.8. The van der Waals surface area contributed by atoms with Crippen LogP contribution in [-0.4, -0.2) is 84.0 Å². The molecule has 0 spiro atoms. The molecule has 0 radical (unpaired) electrons. The molecule has 1 rings (SSSR count). The number of hydrogen-bond acceptors (Lipinski definition) is 6. The number of rotatable bonds is 6. The number of ether oxygens (including phenoxy) is 1. The Morgan fingerprint density at radius 2 is 1.82 bits per heavy atom. The number of carbonyl (C=O) groups excluding carboxylic acids is 1. The molecule has 0 saturated carbocycles. The fourth-order valence-corrected chi connectivity index (χ4v) is 1.70. The van der Waals surface area contributed by atoms with E-state index in [1.807, 2.05) is 0 Å². The minimum atomic E-state index is -1.66. The molecule has 1 aliphatic heterocycles. The van der Waals surface area contributed by atoms with Crippen molar-refractivity contribution in [3.05, 3.63) is 0 Å². The van der Waals surface area contributed by atoms with E-state index in [4.69, 9.17) is 14.9 Å². The van der Waals surface area contributed by atoms with Gasteiger partial charge in [0.2, 0.25) is 5.78 Å². The topological polar surface area (TPSA) is 112 Å². The van der Waals surface area contributed by atoms with Crippen molar-refractivity contribution < 1.29 is 34.9 Å². The Bertz CT molecular complexity index is 243. The first-order chi connectivity index (χ1) is 8.06. The van der Waals surface area contributed by atoms with Crippen LogP contribution in [0.3, 0.4) is 0 Å². The van der Waals surface area contributed by atoms with E-state index in [9.17, 15) is 15.0 Å². The van der Waals surface area contributed by atoms with Crippen molar-refractivity contribution in [2.45, 2.75) is 18.3 Å². The van der Waals surface area contributed by atoms with Gasteiger partial charge >= 0.3 is 0 Å². The molecule has 0 aromatic carbocycles. The molecule has 0 aromatic heterocycles. The maximum atomic E-state index is 11.6. The molecular weight excluding hydrogens is 230 g/mol. The first kappa shape index (κ1) is 14.5. The second-order valence-corrected chi connectivity index (χ2v) is 4.19. The molecule has 0 unspecified atom stereocenters. The fraction of sp³-hybridized carbons (Fsp3) is 0.900. The third kappa shape index (κ3) is 4.30. The highest BCUT2D eigenvalue weighted by Gasteiger charge is 2.32. The first-order valence-corrected chi connectivity index (χ1v) is 5.65. The smallest absolute Gasteiger partial charge is 0.217 e. The van der Waals surface area contributed by atoms with Crippen LogP contribution in [0.25, 0.3) is 0 Å². The van der Waals surface area contributed by atoms with Crippen molar-refractivity contribution in [3.63, 3.8) is 0 Å². The number of carbonyl (C=O) groups is 1. The molecule has 7 heteroatoms. The van der Waals surface area contributed by atoms with Gasteiger partial charge in [-0.1, -0.05) is 0 Å². The van der Waals surface area contributed by atoms with Crippen molar-refractivity contribution in [1.29, 1.82) is 0 Å². The minimum absolute atomic E-state index is 0.0831. The highest BCUT2D eigenvalue weighted by Crippen LogP contribution is 2.00. The Morgan fingerprint density at radius 3 is 2.35 bits per heavy atom. The lowest BCUT2D eigenvalue weighted by molar-refractivity contribution is -0.900. The van der Waals surface area contributed by atoms with Crippen LogP contribution in [0.5, 0.6) is 0 Å². The lowest BCUT2D eigenvalue weighted by Gasteiger charge is -2.25. The van der Waals surface area contributed by atoms with E-state index in [0.29, 0.717) is 26.3 Å². The Hall–Kier alpha value is -0.570. The molecule has 3 atom stereocenters. The van der Waals surface area contributed by atoms with Gasteiger partial charge < -0.3 is 30.1 Å². The van der Waals surface area contributed by atoms with Crippen molar-refractivity contribution in [2.75, 3.05) is 39.5 Å². The van der Waals surface area contributed by atoms with E-state index in [1.165, 1.54) is 0 Å². The van der Waals surface area contributed by atoms with Gasteiger partial charge in [-0.15, -0.1) is 0 Å². The van der Waals surface area contributed by atoms with E-state index >= 15 is 0 Å². The highest BCUT2D eigenvalue weighted by atomic mass is 16.5. The van der Waals surface area contributed by atoms with Crippen LogP contribution in [0.2, 0.25) is 0 Å². The number of ketones is 1.